The summed E-state index contributed by atoms with van der Waals surface area (Å²) in [4.78, 5) is 0. The van der Waals surface area contributed by atoms with E-state index in [1.807, 2.05) is 0 Å². The van der Waals surface area contributed by atoms with E-state index in [4.69, 9.17) is 0 Å². The summed E-state index contributed by atoms with van der Waals surface area (Å²) >= 11 is 0. The van der Waals surface area contributed by atoms with Crippen molar-refractivity contribution in [2.45, 2.75) is 59.3 Å². The van der Waals surface area contributed by atoms with Gasteiger partial charge in [-0.2, -0.15) is 0 Å². The Balaban J connectivity index is 1.67. The molecule has 0 aliphatic heterocycles. The van der Waals surface area contributed by atoms with Crippen LogP contribution in [0.4, 0.5) is 0 Å². The standard InChI is InChI=1S/C25H32/c1-18-5-10-22(11-6-18)12-9-20(3)21(4)24-16-15-23-13-7-19(2)8-14-25(23)17-24/h5-6,9-10,13-14,17,19,22H,4,7-8,11-12,15-16H2,1-3H3. The second-order valence-corrected chi connectivity index (χ2v) is 8.04. The third-order valence-corrected chi connectivity index (χ3v) is 5.84. The largest absolute Gasteiger partial charge is 0.0912 e. The van der Waals surface area contributed by atoms with E-state index in [1.54, 1.807) is 5.57 Å². The monoisotopic (exact) mass is 332 g/mol. The first-order chi connectivity index (χ1) is 12.0. The van der Waals surface area contributed by atoms with Crippen molar-refractivity contribution in [3.05, 3.63) is 82.5 Å². The molecular formula is C25H32. The van der Waals surface area contributed by atoms with Crippen LogP contribution in [0.3, 0.4) is 0 Å². The second kappa shape index (κ2) is 8.04. The van der Waals surface area contributed by atoms with Gasteiger partial charge >= 0.3 is 0 Å². The minimum absolute atomic E-state index is 0.646. The van der Waals surface area contributed by atoms with Crippen LogP contribution in [0.5, 0.6) is 0 Å². The zero-order valence-corrected chi connectivity index (χ0v) is 16.1. The molecule has 0 bridgehead atoms. The van der Waals surface area contributed by atoms with Crippen LogP contribution >= 0.6 is 0 Å². The summed E-state index contributed by atoms with van der Waals surface area (Å²) in [6, 6.07) is 0. The van der Waals surface area contributed by atoms with Crippen LogP contribution < -0.4 is 0 Å². The van der Waals surface area contributed by atoms with Crippen LogP contribution in [0.25, 0.3) is 0 Å². The molecule has 0 N–H and O–H groups in total. The second-order valence-electron chi connectivity index (χ2n) is 8.04. The van der Waals surface area contributed by atoms with Crippen LogP contribution in [0.15, 0.2) is 82.5 Å². The quantitative estimate of drug-likeness (QED) is 0.470. The van der Waals surface area contributed by atoms with Gasteiger partial charge in [-0.05, 0) is 92.1 Å². The Bertz CT molecular complexity index is 715. The van der Waals surface area contributed by atoms with Crippen molar-refractivity contribution in [1.29, 1.82) is 0 Å². The van der Waals surface area contributed by atoms with Crippen molar-refractivity contribution in [3.63, 3.8) is 0 Å². The van der Waals surface area contributed by atoms with Gasteiger partial charge in [-0.15, -0.1) is 0 Å². The van der Waals surface area contributed by atoms with Gasteiger partial charge in [0.1, 0.15) is 0 Å². The molecule has 0 radical (unpaired) electrons. The lowest BCUT2D eigenvalue weighted by Crippen LogP contribution is -2.02. The molecule has 0 aromatic carbocycles. The predicted molar refractivity (Wildman–Crippen MR) is 110 cm³/mol. The molecule has 0 amide bonds. The van der Waals surface area contributed by atoms with Crippen LogP contribution in [-0.2, 0) is 0 Å². The highest BCUT2D eigenvalue weighted by atomic mass is 14.2. The molecule has 3 rings (SSSR count). The molecule has 0 heterocycles. The van der Waals surface area contributed by atoms with Gasteiger partial charge in [0.05, 0.1) is 0 Å². The van der Waals surface area contributed by atoms with Crippen LogP contribution in [0.2, 0.25) is 0 Å². The number of hydrogen-bond donors (Lipinski definition) is 0. The summed E-state index contributed by atoms with van der Waals surface area (Å²) in [5.41, 5.74) is 8.42. The van der Waals surface area contributed by atoms with Crippen molar-refractivity contribution in [1.82, 2.24) is 0 Å². The van der Waals surface area contributed by atoms with E-state index in [9.17, 15) is 0 Å². The van der Waals surface area contributed by atoms with Crippen molar-refractivity contribution in [2.75, 3.05) is 0 Å². The van der Waals surface area contributed by atoms with Crippen molar-refractivity contribution in [3.8, 4) is 0 Å². The normalized spacial score (nSPS) is 26.8. The zero-order chi connectivity index (χ0) is 17.8. The Morgan fingerprint density at radius 3 is 2.72 bits per heavy atom. The molecule has 3 aliphatic rings. The van der Waals surface area contributed by atoms with Crippen LogP contribution in [0, 0.1) is 11.8 Å². The molecule has 0 spiro atoms. The summed E-state index contributed by atoms with van der Waals surface area (Å²) < 4.78 is 0. The van der Waals surface area contributed by atoms with Crippen molar-refractivity contribution in [2.24, 2.45) is 11.8 Å². The number of fused-ring (bicyclic) bond motifs is 1. The number of hydrogen-bond acceptors (Lipinski definition) is 0. The summed E-state index contributed by atoms with van der Waals surface area (Å²) in [5, 5.41) is 0. The maximum Gasteiger partial charge on any atom is -0.0161 e. The maximum atomic E-state index is 4.42. The van der Waals surface area contributed by atoms with Gasteiger partial charge in [0, 0.05) is 0 Å². The lowest BCUT2D eigenvalue weighted by molar-refractivity contribution is 0.605. The summed E-state index contributed by atoms with van der Waals surface area (Å²) in [6.07, 6.45) is 23.7. The third kappa shape index (κ3) is 4.63. The van der Waals surface area contributed by atoms with Gasteiger partial charge in [0.15, 0.2) is 0 Å². The predicted octanol–water partition coefficient (Wildman–Crippen LogP) is 7.40. The first-order valence-corrected chi connectivity index (χ1v) is 9.84. The van der Waals surface area contributed by atoms with Crippen molar-refractivity contribution < 1.29 is 0 Å². The van der Waals surface area contributed by atoms with E-state index in [0.29, 0.717) is 5.92 Å². The Kier molecular flexibility index (Phi) is 5.78. The molecule has 0 nitrogen and oxygen atoms in total. The summed E-state index contributed by atoms with van der Waals surface area (Å²) in [5.74, 6) is 1.42. The van der Waals surface area contributed by atoms with E-state index < -0.39 is 0 Å². The van der Waals surface area contributed by atoms with Gasteiger partial charge < -0.3 is 0 Å². The average Bonchev–Trinajstić information content (AvgIpc) is 2.81. The first-order valence-electron chi connectivity index (χ1n) is 9.84. The lowest BCUT2D eigenvalue weighted by Gasteiger charge is -2.21. The number of allylic oxidation sites excluding steroid dienone is 13. The highest BCUT2D eigenvalue weighted by Crippen LogP contribution is 2.36. The molecule has 0 fully saturated rings. The fraction of sp³-hybridized carbons (Fsp3) is 0.440. The molecule has 2 atom stereocenters. The molecular weight excluding hydrogens is 300 g/mol. The third-order valence-electron chi connectivity index (χ3n) is 5.84. The average molecular weight is 333 g/mol. The molecule has 0 aromatic heterocycles. The van der Waals surface area contributed by atoms with E-state index in [1.165, 1.54) is 53.5 Å². The molecule has 132 valence electrons. The lowest BCUT2D eigenvalue weighted by atomic mass is 9.84. The molecule has 0 saturated heterocycles. The smallest absolute Gasteiger partial charge is 0.0161 e. The maximum absolute atomic E-state index is 4.42. The highest BCUT2D eigenvalue weighted by molar-refractivity contribution is 5.54. The molecule has 0 saturated carbocycles. The molecule has 3 aliphatic carbocycles. The van der Waals surface area contributed by atoms with E-state index >= 15 is 0 Å². The minimum atomic E-state index is 0.646. The van der Waals surface area contributed by atoms with Gasteiger partial charge in [-0.3, -0.25) is 0 Å². The Morgan fingerprint density at radius 1 is 1.16 bits per heavy atom. The fourth-order valence-corrected chi connectivity index (χ4v) is 3.83. The SMILES string of the molecule is C=C(C(C)=CCC1C=CC(C)=CC1)C1=CC2=CCC(C)CC=C2CC1. The van der Waals surface area contributed by atoms with Gasteiger partial charge in [-0.1, -0.05) is 61.6 Å². The summed E-state index contributed by atoms with van der Waals surface area (Å²) in [6.45, 7) is 11.2. The molecule has 0 aromatic rings. The van der Waals surface area contributed by atoms with E-state index in [0.717, 1.165) is 18.8 Å². The first kappa shape index (κ1) is 18.0. The molecule has 0 heteroatoms. The van der Waals surface area contributed by atoms with E-state index in [-0.39, 0.29) is 0 Å². The molecule has 25 heavy (non-hydrogen) atoms. The fourth-order valence-electron chi connectivity index (χ4n) is 3.83. The molecule has 2 unspecified atom stereocenters. The Labute approximate surface area is 154 Å². The zero-order valence-electron chi connectivity index (χ0n) is 16.1. The highest BCUT2D eigenvalue weighted by Gasteiger charge is 2.17. The van der Waals surface area contributed by atoms with Gasteiger partial charge in [0.2, 0.25) is 0 Å². The topological polar surface area (TPSA) is 0 Å². The Hall–Kier alpha value is -1.82. The minimum Gasteiger partial charge on any atom is -0.0912 e. The Morgan fingerprint density at radius 2 is 1.96 bits per heavy atom. The summed E-state index contributed by atoms with van der Waals surface area (Å²) in [7, 11) is 0. The van der Waals surface area contributed by atoms with Gasteiger partial charge in [-0.25, -0.2) is 0 Å². The van der Waals surface area contributed by atoms with Gasteiger partial charge in [0.25, 0.3) is 0 Å². The number of rotatable bonds is 4. The van der Waals surface area contributed by atoms with Crippen LogP contribution in [-0.4, -0.2) is 0 Å². The van der Waals surface area contributed by atoms with E-state index in [2.05, 4.69) is 69.9 Å². The van der Waals surface area contributed by atoms with Crippen molar-refractivity contribution >= 4 is 0 Å². The van der Waals surface area contributed by atoms with Crippen LogP contribution in [0.1, 0.15) is 59.3 Å².